The van der Waals surface area contributed by atoms with Crippen LogP contribution in [0, 0.1) is 5.41 Å². The van der Waals surface area contributed by atoms with Gasteiger partial charge in [-0.1, -0.05) is 13.8 Å². The molecule has 4 heteroatoms. The van der Waals surface area contributed by atoms with E-state index in [1.54, 1.807) is 0 Å². The third kappa shape index (κ3) is 2.44. The molecule has 0 aromatic carbocycles. The maximum atomic E-state index is 5.78. The van der Waals surface area contributed by atoms with Gasteiger partial charge in [0.15, 0.2) is 5.79 Å². The summed E-state index contributed by atoms with van der Waals surface area (Å²) in [6.07, 6.45) is 5.92. The van der Waals surface area contributed by atoms with Gasteiger partial charge < -0.3 is 19.5 Å². The van der Waals surface area contributed by atoms with E-state index in [0.29, 0.717) is 18.2 Å². The summed E-state index contributed by atoms with van der Waals surface area (Å²) in [6, 6.07) is 1.20. The highest BCUT2D eigenvalue weighted by Gasteiger charge is 2.49. The van der Waals surface area contributed by atoms with Gasteiger partial charge in [-0.15, -0.1) is 0 Å². The molecule has 0 bridgehead atoms. The molecule has 2 atom stereocenters. The molecule has 2 aliphatic carbocycles. The van der Waals surface area contributed by atoms with Gasteiger partial charge in [-0.3, -0.25) is 0 Å². The summed E-state index contributed by atoms with van der Waals surface area (Å²) in [6.45, 7) is 6.14. The Kier molecular flexibility index (Phi) is 3.63. The van der Waals surface area contributed by atoms with Crippen LogP contribution in [0.25, 0.3) is 0 Å². The van der Waals surface area contributed by atoms with E-state index in [1.165, 1.54) is 0 Å². The summed E-state index contributed by atoms with van der Waals surface area (Å²) in [7, 11) is 1.82. The van der Waals surface area contributed by atoms with Crippen LogP contribution in [-0.2, 0) is 14.2 Å². The van der Waals surface area contributed by atoms with Crippen molar-refractivity contribution in [3.8, 4) is 0 Å². The smallest absolute Gasteiger partial charge is 0.168 e. The van der Waals surface area contributed by atoms with Gasteiger partial charge in [-0.25, -0.2) is 0 Å². The highest BCUT2D eigenvalue weighted by molar-refractivity contribution is 5.04. The van der Waals surface area contributed by atoms with Gasteiger partial charge in [-0.05, 0) is 19.3 Å². The van der Waals surface area contributed by atoms with E-state index in [0.717, 1.165) is 45.3 Å². The molecule has 19 heavy (non-hydrogen) atoms. The van der Waals surface area contributed by atoms with Crippen molar-refractivity contribution in [1.82, 2.24) is 5.32 Å². The van der Waals surface area contributed by atoms with Crippen molar-refractivity contribution >= 4 is 0 Å². The second kappa shape index (κ2) is 4.99. The minimum Gasteiger partial charge on any atom is -0.381 e. The van der Waals surface area contributed by atoms with Crippen LogP contribution < -0.4 is 5.32 Å². The summed E-state index contributed by atoms with van der Waals surface area (Å²) >= 11 is 0. The number of hydrogen-bond donors (Lipinski definition) is 1. The van der Waals surface area contributed by atoms with Crippen LogP contribution in [-0.4, -0.2) is 44.3 Å². The van der Waals surface area contributed by atoms with E-state index in [-0.39, 0.29) is 11.2 Å². The van der Waals surface area contributed by atoms with Gasteiger partial charge in [0.1, 0.15) is 0 Å². The second-order valence-electron chi connectivity index (χ2n) is 6.88. The molecule has 2 unspecified atom stereocenters. The summed E-state index contributed by atoms with van der Waals surface area (Å²) < 4.78 is 17.1. The van der Waals surface area contributed by atoms with Gasteiger partial charge >= 0.3 is 0 Å². The second-order valence-corrected chi connectivity index (χ2v) is 6.88. The molecule has 3 rings (SSSR count). The van der Waals surface area contributed by atoms with E-state index in [2.05, 4.69) is 19.2 Å². The maximum absolute atomic E-state index is 5.78. The largest absolute Gasteiger partial charge is 0.381 e. The molecule has 3 fully saturated rings. The van der Waals surface area contributed by atoms with Crippen LogP contribution in [0.4, 0.5) is 0 Å². The Balaban J connectivity index is 1.48. The van der Waals surface area contributed by atoms with Crippen molar-refractivity contribution in [2.75, 3.05) is 20.3 Å². The van der Waals surface area contributed by atoms with Crippen molar-refractivity contribution in [2.45, 2.75) is 69.9 Å². The summed E-state index contributed by atoms with van der Waals surface area (Å²) in [5.74, 6) is -0.234. The molecule has 1 aliphatic heterocycles. The quantitative estimate of drug-likeness (QED) is 0.851. The SMILES string of the molecule is COC1CC(NC2CCC3(CC2)OCCO3)C1(C)C. The Morgan fingerprint density at radius 2 is 1.74 bits per heavy atom. The predicted molar refractivity (Wildman–Crippen MR) is 73.0 cm³/mol. The van der Waals surface area contributed by atoms with Crippen LogP contribution in [0.3, 0.4) is 0 Å². The lowest BCUT2D eigenvalue weighted by atomic mass is 9.64. The van der Waals surface area contributed by atoms with Crippen LogP contribution in [0.5, 0.6) is 0 Å². The van der Waals surface area contributed by atoms with E-state index < -0.39 is 0 Å². The van der Waals surface area contributed by atoms with E-state index >= 15 is 0 Å². The zero-order chi connectivity index (χ0) is 13.5. The van der Waals surface area contributed by atoms with Crippen molar-refractivity contribution in [3.63, 3.8) is 0 Å². The van der Waals surface area contributed by atoms with Gasteiger partial charge in [0, 0.05) is 37.5 Å². The topological polar surface area (TPSA) is 39.7 Å². The van der Waals surface area contributed by atoms with Gasteiger partial charge in [0.2, 0.25) is 0 Å². The van der Waals surface area contributed by atoms with Crippen LogP contribution in [0.1, 0.15) is 46.0 Å². The third-order valence-corrected chi connectivity index (χ3v) is 5.46. The number of hydrogen-bond acceptors (Lipinski definition) is 4. The first kappa shape index (κ1) is 13.8. The lowest BCUT2D eigenvalue weighted by Gasteiger charge is -2.53. The van der Waals surface area contributed by atoms with Crippen LogP contribution in [0.15, 0.2) is 0 Å². The molecule has 3 aliphatic rings. The first-order chi connectivity index (χ1) is 9.06. The molecule has 0 radical (unpaired) electrons. The number of rotatable bonds is 3. The monoisotopic (exact) mass is 269 g/mol. The Morgan fingerprint density at radius 1 is 1.11 bits per heavy atom. The number of ether oxygens (including phenoxy) is 3. The maximum Gasteiger partial charge on any atom is 0.168 e. The number of nitrogens with one attached hydrogen (secondary N) is 1. The molecule has 0 amide bonds. The third-order valence-electron chi connectivity index (χ3n) is 5.46. The Morgan fingerprint density at radius 3 is 2.26 bits per heavy atom. The fourth-order valence-corrected chi connectivity index (χ4v) is 3.86. The molecule has 110 valence electrons. The molecule has 1 heterocycles. The molecule has 2 saturated carbocycles. The lowest BCUT2D eigenvalue weighted by Crippen LogP contribution is -2.63. The summed E-state index contributed by atoms with van der Waals surface area (Å²) in [4.78, 5) is 0. The molecular weight excluding hydrogens is 242 g/mol. The average molecular weight is 269 g/mol. The van der Waals surface area contributed by atoms with Gasteiger partial charge in [0.25, 0.3) is 0 Å². The molecular formula is C15H27NO3. The predicted octanol–water partition coefficient (Wildman–Crippen LogP) is 2.08. The molecule has 0 aromatic rings. The lowest BCUT2D eigenvalue weighted by molar-refractivity contribution is -0.181. The molecule has 4 nitrogen and oxygen atoms in total. The van der Waals surface area contributed by atoms with Gasteiger partial charge in [0.05, 0.1) is 19.3 Å². The highest BCUT2D eigenvalue weighted by atomic mass is 16.7. The minimum absolute atomic E-state index is 0.234. The fraction of sp³-hybridized carbons (Fsp3) is 1.00. The number of methoxy groups -OCH3 is 1. The molecule has 1 saturated heterocycles. The first-order valence-corrected chi connectivity index (χ1v) is 7.62. The zero-order valence-electron chi connectivity index (χ0n) is 12.4. The van der Waals surface area contributed by atoms with Crippen molar-refractivity contribution in [3.05, 3.63) is 0 Å². The van der Waals surface area contributed by atoms with E-state index in [4.69, 9.17) is 14.2 Å². The Labute approximate surface area is 116 Å². The first-order valence-electron chi connectivity index (χ1n) is 7.62. The van der Waals surface area contributed by atoms with Crippen molar-refractivity contribution in [2.24, 2.45) is 5.41 Å². The highest BCUT2D eigenvalue weighted by Crippen LogP contribution is 2.44. The minimum atomic E-state index is -0.234. The Bertz CT molecular complexity index is 315. The normalized spacial score (nSPS) is 37.4. The molecule has 1 spiro atoms. The zero-order valence-corrected chi connectivity index (χ0v) is 12.4. The van der Waals surface area contributed by atoms with Gasteiger partial charge in [-0.2, -0.15) is 0 Å². The van der Waals surface area contributed by atoms with E-state index in [1.807, 2.05) is 7.11 Å². The summed E-state index contributed by atoms with van der Waals surface area (Å²) in [5, 5.41) is 3.83. The van der Waals surface area contributed by atoms with Crippen molar-refractivity contribution < 1.29 is 14.2 Å². The fourth-order valence-electron chi connectivity index (χ4n) is 3.86. The van der Waals surface area contributed by atoms with E-state index in [9.17, 15) is 0 Å². The molecule has 0 aromatic heterocycles. The summed E-state index contributed by atoms with van der Waals surface area (Å²) in [5.41, 5.74) is 0.254. The van der Waals surface area contributed by atoms with Crippen molar-refractivity contribution in [1.29, 1.82) is 0 Å². The average Bonchev–Trinajstić information content (AvgIpc) is 2.85. The van der Waals surface area contributed by atoms with Crippen LogP contribution >= 0.6 is 0 Å². The Hall–Kier alpha value is -0.160. The van der Waals surface area contributed by atoms with Crippen LogP contribution in [0.2, 0.25) is 0 Å². The standard InChI is InChI=1S/C15H27NO3/c1-14(2)12(10-13(14)17-3)16-11-4-6-15(7-5-11)18-8-9-19-15/h11-13,16H,4-10H2,1-3H3. The molecule has 1 N–H and O–H groups in total.